The number of carbonyl (C=O) groups is 2. The van der Waals surface area contributed by atoms with Gasteiger partial charge in [0.1, 0.15) is 11.4 Å². The Balaban J connectivity index is 2.65. The molecule has 0 unspecified atom stereocenters. The fourth-order valence-corrected chi connectivity index (χ4v) is 3.00. The lowest BCUT2D eigenvalue weighted by molar-refractivity contribution is -0.135. The van der Waals surface area contributed by atoms with Gasteiger partial charge in [0.15, 0.2) is 0 Å². The van der Waals surface area contributed by atoms with Gasteiger partial charge in [-0.15, -0.1) is 0 Å². The molecule has 7 nitrogen and oxygen atoms in total. The Bertz CT molecular complexity index is 625. The number of fused-ring (bicyclic) bond motifs is 1. The topological polar surface area (TPSA) is 95.0 Å². The van der Waals surface area contributed by atoms with Crippen LogP contribution in [0.5, 0.6) is 0 Å². The number of aliphatic carboxylic acids is 1. The van der Waals surface area contributed by atoms with Gasteiger partial charge in [0.25, 0.3) is 10.0 Å². The molecule has 1 aromatic rings. The number of nitrogens with zero attached hydrogens (tertiary/aromatic N) is 2. The minimum atomic E-state index is -3.89. The Labute approximate surface area is 103 Å². The molecule has 1 heterocycles. The van der Waals surface area contributed by atoms with Crippen LogP contribution in [0.15, 0.2) is 29.2 Å². The second kappa shape index (κ2) is 3.98. The molecule has 1 aliphatic heterocycles. The zero-order valence-electron chi connectivity index (χ0n) is 9.40. The smallest absolute Gasteiger partial charge is 0.338 e. The summed E-state index contributed by atoms with van der Waals surface area (Å²) in [5, 5.41) is 8.76. The molecule has 0 saturated carbocycles. The summed E-state index contributed by atoms with van der Waals surface area (Å²) in [6.45, 7) is -0.588. The minimum Gasteiger partial charge on any atom is -0.480 e. The first-order valence-corrected chi connectivity index (χ1v) is 6.41. The highest BCUT2D eigenvalue weighted by Gasteiger charge is 2.39. The molecule has 0 saturated heterocycles. The second-order valence-corrected chi connectivity index (χ2v) is 5.64. The number of hydrogen-bond acceptors (Lipinski definition) is 4. The summed E-state index contributed by atoms with van der Waals surface area (Å²) >= 11 is 0. The number of para-hydroxylation sites is 1. The van der Waals surface area contributed by atoms with Crippen molar-refractivity contribution in [1.29, 1.82) is 0 Å². The maximum Gasteiger partial charge on any atom is 0.338 e. The second-order valence-electron chi connectivity index (χ2n) is 3.70. The van der Waals surface area contributed by atoms with E-state index in [1.807, 2.05) is 0 Å². The van der Waals surface area contributed by atoms with Crippen LogP contribution < -0.4 is 4.90 Å². The molecule has 0 bridgehead atoms. The SMILES string of the molecule is CN1C(=O)N(CC(=O)O)c2ccccc2S1(=O)=O. The van der Waals surface area contributed by atoms with Crippen LogP contribution in [0.3, 0.4) is 0 Å². The third kappa shape index (κ3) is 1.70. The van der Waals surface area contributed by atoms with Gasteiger partial charge in [-0.05, 0) is 12.1 Å². The summed E-state index contributed by atoms with van der Waals surface area (Å²) in [4.78, 5) is 23.4. The van der Waals surface area contributed by atoms with E-state index in [0.29, 0.717) is 4.31 Å². The molecule has 2 rings (SSSR count). The maximum atomic E-state index is 12.0. The molecular weight excluding hydrogens is 260 g/mol. The minimum absolute atomic E-state index is 0.0756. The van der Waals surface area contributed by atoms with Gasteiger partial charge in [-0.1, -0.05) is 12.1 Å². The summed E-state index contributed by atoms with van der Waals surface area (Å²) in [6, 6.07) is 4.92. The van der Waals surface area contributed by atoms with Crippen LogP contribution in [0.2, 0.25) is 0 Å². The standard InChI is InChI=1S/C10H10N2O5S/c1-11-10(15)12(6-9(13)14)7-4-2-3-5-8(7)18(11,16)17/h2-5H,6H2,1H3,(H,13,14). The zero-order valence-corrected chi connectivity index (χ0v) is 10.2. The van der Waals surface area contributed by atoms with Crippen molar-refractivity contribution in [3.05, 3.63) is 24.3 Å². The normalized spacial score (nSPS) is 17.5. The molecule has 0 aromatic heterocycles. The number of anilines is 1. The lowest BCUT2D eigenvalue weighted by Crippen LogP contribution is -2.50. The molecule has 1 aliphatic rings. The third-order valence-electron chi connectivity index (χ3n) is 2.59. The largest absolute Gasteiger partial charge is 0.480 e. The van der Waals surface area contributed by atoms with Gasteiger partial charge < -0.3 is 5.11 Å². The quantitative estimate of drug-likeness (QED) is 0.835. The van der Waals surface area contributed by atoms with Crippen molar-refractivity contribution in [3.8, 4) is 0 Å². The van der Waals surface area contributed by atoms with E-state index in [1.54, 1.807) is 6.07 Å². The summed E-state index contributed by atoms with van der Waals surface area (Å²) < 4.78 is 24.5. The first-order chi connectivity index (χ1) is 8.35. The molecule has 0 fully saturated rings. The highest BCUT2D eigenvalue weighted by Crippen LogP contribution is 2.32. The maximum absolute atomic E-state index is 12.0. The lowest BCUT2D eigenvalue weighted by atomic mass is 10.3. The Morgan fingerprint density at radius 3 is 2.56 bits per heavy atom. The highest BCUT2D eigenvalue weighted by molar-refractivity contribution is 7.90. The monoisotopic (exact) mass is 270 g/mol. The molecular formula is C10H10N2O5S. The number of amides is 2. The van der Waals surface area contributed by atoms with Gasteiger partial charge in [0, 0.05) is 7.05 Å². The van der Waals surface area contributed by atoms with Gasteiger partial charge in [-0.25, -0.2) is 17.5 Å². The van der Waals surface area contributed by atoms with E-state index in [-0.39, 0.29) is 10.6 Å². The molecule has 1 N–H and O–H groups in total. The Kier molecular flexibility index (Phi) is 2.74. The summed E-state index contributed by atoms with van der Waals surface area (Å²) in [5.74, 6) is -1.22. The Morgan fingerprint density at radius 1 is 1.33 bits per heavy atom. The average molecular weight is 270 g/mol. The van der Waals surface area contributed by atoms with Gasteiger partial charge >= 0.3 is 12.0 Å². The van der Waals surface area contributed by atoms with Crippen LogP contribution in [0.4, 0.5) is 10.5 Å². The Hall–Kier alpha value is -2.09. The van der Waals surface area contributed by atoms with Crippen LogP contribution in [0.25, 0.3) is 0 Å². The number of benzene rings is 1. The van der Waals surface area contributed by atoms with Crippen LogP contribution in [-0.4, -0.2) is 43.4 Å². The molecule has 0 spiro atoms. The van der Waals surface area contributed by atoms with Gasteiger partial charge in [-0.3, -0.25) is 9.69 Å². The van der Waals surface area contributed by atoms with Crippen molar-refractivity contribution in [3.63, 3.8) is 0 Å². The predicted molar refractivity (Wildman–Crippen MR) is 61.8 cm³/mol. The molecule has 0 aliphatic carbocycles. The van der Waals surface area contributed by atoms with Crippen molar-refractivity contribution in [1.82, 2.24) is 4.31 Å². The van der Waals surface area contributed by atoms with E-state index < -0.39 is 28.6 Å². The van der Waals surface area contributed by atoms with Crippen molar-refractivity contribution in [2.24, 2.45) is 0 Å². The molecule has 8 heteroatoms. The fraction of sp³-hybridized carbons (Fsp3) is 0.200. The first-order valence-electron chi connectivity index (χ1n) is 4.97. The zero-order chi connectivity index (χ0) is 13.5. The molecule has 2 amide bonds. The summed E-state index contributed by atoms with van der Waals surface area (Å²) in [7, 11) is -2.79. The van der Waals surface area contributed by atoms with Crippen molar-refractivity contribution in [2.75, 3.05) is 18.5 Å². The van der Waals surface area contributed by atoms with Gasteiger partial charge in [0.2, 0.25) is 0 Å². The first kappa shape index (κ1) is 12.4. The number of carbonyl (C=O) groups excluding carboxylic acids is 1. The summed E-state index contributed by atoms with van der Waals surface area (Å²) in [5.41, 5.74) is 0.0861. The molecule has 96 valence electrons. The number of hydrogen-bond donors (Lipinski definition) is 1. The van der Waals surface area contributed by atoms with Crippen molar-refractivity contribution >= 4 is 27.7 Å². The van der Waals surface area contributed by atoms with Crippen molar-refractivity contribution < 1.29 is 23.1 Å². The number of carboxylic acid groups (broad SMARTS) is 1. The van der Waals surface area contributed by atoms with E-state index >= 15 is 0 Å². The molecule has 0 radical (unpaired) electrons. The number of carboxylic acids is 1. The van der Waals surface area contributed by atoms with Crippen LogP contribution in [-0.2, 0) is 14.8 Å². The van der Waals surface area contributed by atoms with Crippen molar-refractivity contribution in [2.45, 2.75) is 4.90 Å². The third-order valence-corrected chi connectivity index (χ3v) is 4.37. The number of urea groups is 1. The lowest BCUT2D eigenvalue weighted by Gasteiger charge is -2.33. The molecule has 18 heavy (non-hydrogen) atoms. The van der Waals surface area contributed by atoms with E-state index in [1.165, 1.54) is 18.2 Å². The van der Waals surface area contributed by atoms with E-state index in [9.17, 15) is 18.0 Å². The van der Waals surface area contributed by atoms with E-state index in [0.717, 1.165) is 11.9 Å². The van der Waals surface area contributed by atoms with Gasteiger partial charge in [0.05, 0.1) is 5.69 Å². The van der Waals surface area contributed by atoms with Crippen LogP contribution >= 0.6 is 0 Å². The van der Waals surface area contributed by atoms with Crippen LogP contribution in [0, 0.1) is 0 Å². The number of sulfonamides is 1. The van der Waals surface area contributed by atoms with E-state index in [4.69, 9.17) is 5.11 Å². The average Bonchev–Trinajstić information content (AvgIpc) is 2.32. The van der Waals surface area contributed by atoms with E-state index in [2.05, 4.69) is 0 Å². The highest BCUT2D eigenvalue weighted by atomic mass is 32.2. The molecule has 0 atom stereocenters. The van der Waals surface area contributed by atoms with Crippen LogP contribution in [0.1, 0.15) is 0 Å². The van der Waals surface area contributed by atoms with Gasteiger partial charge in [-0.2, -0.15) is 0 Å². The Morgan fingerprint density at radius 2 is 1.94 bits per heavy atom. The number of rotatable bonds is 2. The fourth-order valence-electron chi connectivity index (χ4n) is 1.71. The summed E-state index contributed by atoms with van der Waals surface area (Å²) in [6.07, 6.45) is 0. The molecule has 1 aromatic carbocycles. The predicted octanol–water partition coefficient (Wildman–Crippen LogP) is 0.332.